The Morgan fingerprint density at radius 2 is 1.32 bits per heavy atom. The molecule has 2 atom stereocenters. The summed E-state index contributed by atoms with van der Waals surface area (Å²) in [5.74, 6) is -1.12. The van der Waals surface area contributed by atoms with E-state index in [2.05, 4.69) is 24.4 Å². The lowest BCUT2D eigenvalue weighted by Crippen LogP contribution is -2.44. The third kappa shape index (κ3) is 15.7. The summed E-state index contributed by atoms with van der Waals surface area (Å²) in [6, 6.07) is -0.763. The van der Waals surface area contributed by atoms with Gasteiger partial charge in [0.1, 0.15) is 6.04 Å². The predicted octanol–water partition coefficient (Wildman–Crippen LogP) is 6.64. The molecule has 0 aromatic rings. The fourth-order valence-corrected chi connectivity index (χ4v) is 3.28. The van der Waals surface area contributed by atoms with Crippen LogP contribution in [0.3, 0.4) is 0 Å². The number of aliphatic carboxylic acids is 1. The first-order chi connectivity index (χ1) is 13.5. The van der Waals surface area contributed by atoms with Crippen LogP contribution in [0, 0.1) is 5.92 Å². The third-order valence-electron chi connectivity index (χ3n) is 5.46. The van der Waals surface area contributed by atoms with E-state index < -0.39 is 12.0 Å². The topological polar surface area (TPSA) is 66.4 Å². The molecule has 4 heteroatoms. The van der Waals surface area contributed by atoms with Crippen molar-refractivity contribution in [2.24, 2.45) is 5.92 Å². The molecule has 0 saturated carbocycles. The van der Waals surface area contributed by atoms with Crippen molar-refractivity contribution in [2.45, 2.75) is 123 Å². The number of carbonyl (C=O) groups is 2. The molecule has 28 heavy (non-hydrogen) atoms. The zero-order chi connectivity index (χ0) is 21.0. The molecule has 0 bridgehead atoms. The van der Waals surface area contributed by atoms with Crippen LogP contribution in [-0.2, 0) is 9.59 Å². The predicted molar refractivity (Wildman–Crippen MR) is 118 cm³/mol. The van der Waals surface area contributed by atoms with Crippen molar-refractivity contribution >= 4 is 11.9 Å². The van der Waals surface area contributed by atoms with E-state index in [0.29, 0.717) is 6.42 Å². The number of carboxylic acid groups (broad SMARTS) is 1. The van der Waals surface area contributed by atoms with Gasteiger partial charge in [-0.05, 0) is 38.0 Å². The van der Waals surface area contributed by atoms with Crippen LogP contribution in [-0.4, -0.2) is 23.0 Å². The minimum atomic E-state index is -0.938. The summed E-state index contributed by atoms with van der Waals surface area (Å²) in [4.78, 5) is 23.2. The summed E-state index contributed by atoms with van der Waals surface area (Å²) in [5.41, 5.74) is 0. The lowest BCUT2D eigenvalue weighted by atomic mass is 9.99. The summed E-state index contributed by atoms with van der Waals surface area (Å²) in [6.07, 6.45) is 21.8. The van der Waals surface area contributed by atoms with Gasteiger partial charge >= 0.3 is 5.97 Å². The summed E-state index contributed by atoms with van der Waals surface area (Å²) < 4.78 is 0. The number of carbonyl (C=O) groups excluding carboxylic acids is 1. The van der Waals surface area contributed by atoms with Crippen LogP contribution in [0.15, 0.2) is 12.2 Å². The molecule has 0 spiro atoms. The molecule has 0 rings (SSSR count). The van der Waals surface area contributed by atoms with Crippen molar-refractivity contribution in [3.05, 3.63) is 12.2 Å². The molecule has 0 aliphatic carbocycles. The molecule has 2 N–H and O–H groups in total. The molecule has 0 aliphatic rings. The largest absolute Gasteiger partial charge is 0.480 e. The van der Waals surface area contributed by atoms with E-state index in [0.717, 1.165) is 32.1 Å². The zero-order valence-corrected chi connectivity index (χ0v) is 18.7. The Morgan fingerprint density at radius 3 is 1.82 bits per heavy atom. The van der Waals surface area contributed by atoms with Crippen molar-refractivity contribution in [2.75, 3.05) is 0 Å². The SMILES string of the molecule is CCCCCCCCC=CCCCCCCCC(=O)N[C@H](C(=O)O)[C@@H](C)CC. The zero-order valence-electron chi connectivity index (χ0n) is 18.7. The van der Waals surface area contributed by atoms with Gasteiger partial charge in [-0.2, -0.15) is 0 Å². The Balaban J connectivity index is 3.52. The van der Waals surface area contributed by atoms with Crippen molar-refractivity contribution in [3.8, 4) is 0 Å². The first kappa shape index (κ1) is 26.7. The molecule has 164 valence electrons. The number of nitrogens with one attached hydrogen (secondary N) is 1. The summed E-state index contributed by atoms with van der Waals surface area (Å²) in [6.45, 7) is 6.06. The highest BCUT2D eigenvalue weighted by Gasteiger charge is 2.24. The summed E-state index contributed by atoms with van der Waals surface area (Å²) >= 11 is 0. The van der Waals surface area contributed by atoms with Crippen LogP contribution in [0.4, 0.5) is 0 Å². The highest BCUT2D eigenvalue weighted by Crippen LogP contribution is 2.11. The molecule has 4 nitrogen and oxygen atoms in total. The van der Waals surface area contributed by atoms with Gasteiger partial charge in [-0.1, -0.05) is 90.7 Å². The standard InChI is InChI=1S/C24H45NO3/c1-4-6-7-8-9-10-11-12-13-14-15-16-17-18-19-20-22(26)25-23(24(27)28)21(3)5-2/h12-13,21,23H,4-11,14-20H2,1-3H3,(H,25,26)(H,27,28)/t21-,23-/m0/s1. The van der Waals surface area contributed by atoms with Crippen LogP contribution < -0.4 is 5.32 Å². The van der Waals surface area contributed by atoms with Gasteiger partial charge in [-0.15, -0.1) is 0 Å². The summed E-state index contributed by atoms with van der Waals surface area (Å²) in [5, 5.41) is 11.9. The van der Waals surface area contributed by atoms with Crippen molar-refractivity contribution in [3.63, 3.8) is 0 Å². The second kappa shape index (κ2) is 19.0. The van der Waals surface area contributed by atoms with E-state index in [1.807, 2.05) is 13.8 Å². The fraction of sp³-hybridized carbons (Fsp3) is 0.833. The van der Waals surface area contributed by atoms with E-state index in [1.54, 1.807) is 0 Å². The van der Waals surface area contributed by atoms with Gasteiger partial charge in [0.05, 0.1) is 0 Å². The maximum absolute atomic E-state index is 11.9. The normalized spacial score (nSPS) is 13.5. The molecule has 0 aromatic heterocycles. The fourth-order valence-electron chi connectivity index (χ4n) is 3.28. The van der Waals surface area contributed by atoms with E-state index >= 15 is 0 Å². The number of carboxylic acids is 1. The number of amides is 1. The average molecular weight is 396 g/mol. The van der Waals surface area contributed by atoms with Crippen LogP contribution in [0.5, 0.6) is 0 Å². The third-order valence-corrected chi connectivity index (χ3v) is 5.46. The minimum Gasteiger partial charge on any atom is -0.480 e. The molecule has 0 fully saturated rings. The van der Waals surface area contributed by atoms with Crippen LogP contribution in [0.25, 0.3) is 0 Å². The molecule has 1 amide bonds. The average Bonchev–Trinajstić information content (AvgIpc) is 2.68. The quantitative estimate of drug-likeness (QED) is 0.190. The van der Waals surface area contributed by atoms with Gasteiger partial charge in [-0.25, -0.2) is 4.79 Å². The Hall–Kier alpha value is -1.32. The molecule has 0 unspecified atom stereocenters. The van der Waals surface area contributed by atoms with Crippen LogP contribution in [0.2, 0.25) is 0 Å². The monoisotopic (exact) mass is 395 g/mol. The minimum absolute atomic E-state index is 0.0458. The Bertz CT molecular complexity index is 420. The van der Waals surface area contributed by atoms with Crippen molar-refractivity contribution in [1.29, 1.82) is 0 Å². The molecular formula is C24H45NO3. The second-order valence-electron chi connectivity index (χ2n) is 8.10. The number of rotatable bonds is 19. The van der Waals surface area contributed by atoms with E-state index in [4.69, 9.17) is 0 Å². The summed E-state index contributed by atoms with van der Waals surface area (Å²) in [7, 11) is 0. The maximum atomic E-state index is 11.9. The van der Waals surface area contributed by atoms with Crippen molar-refractivity contribution < 1.29 is 14.7 Å². The van der Waals surface area contributed by atoms with Gasteiger partial charge in [0.2, 0.25) is 5.91 Å². The van der Waals surface area contributed by atoms with E-state index in [1.165, 1.54) is 57.8 Å². The highest BCUT2D eigenvalue weighted by atomic mass is 16.4. The number of unbranched alkanes of at least 4 members (excludes halogenated alkanes) is 11. The smallest absolute Gasteiger partial charge is 0.326 e. The van der Waals surface area contributed by atoms with Crippen LogP contribution in [0.1, 0.15) is 117 Å². The van der Waals surface area contributed by atoms with E-state index in [-0.39, 0.29) is 11.8 Å². The van der Waals surface area contributed by atoms with Gasteiger partial charge < -0.3 is 10.4 Å². The van der Waals surface area contributed by atoms with Crippen LogP contribution >= 0.6 is 0 Å². The molecule has 0 radical (unpaired) electrons. The Labute approximate surface area is 173 Å². The van der Waals surface area contributed by atoms with Gasteiger partial charge in [-0.3, -0.25) is 4.79 Å². The van der Waals surface area contributed by atoms with Crippen molar-refractivity contribution in [1.82, 2.24) is 5.32 Å². The Kier molecular flexibility index (Phi) is 18.1. The van der Waals surface area contributed by atoms with Gasteiger partial charge in [0.15, 0.2) is 0 Å². The number of hydrogen-bond donors (Lipinski definition) is 2. The van der Waals surface area contributed by atoms with Gasteiger partial charge in [0.25, 0.3) is 0 Å². The first-order valence-corrected chi connectivity index (χ1v) is 11.7. The van der Waals surface area contributed by atoms with Gasteiger partial charge in [0, 0.05) is 6.42 Å². The first-order valence-electron chi connectivity index (χ1n) is 11.7. The highest BCUT2D eigenvalue weighted by molar-refractivity contribution is 5.83. The lowest BCUT2D eigenvalue weighted by Gasteiger charge is -2.20. The Morgan fingerprint density at radius 1 is 0.821 bits per heavy atom. The molecule has 0 aliphatic heterocycles. The molecule has 0 saturated heterocycles. The lowest BCUT2D eigenvalue weighted by molar-refractivity contribution is -0.143. The molecular weight excluding hydrogens is 350 g/mol. The second-order valence-corrected chi connectivity index (χ2v) is 8.10. The van der Waals surface area contributed by atoms with E-state index in [9.17, 15) is 14.7 Å². The molecule has 0 aromatic carbocycles. The maximum Gasteiger partial charge on any atom is 0.326 e. The number of hydrogen-bond acceptors (Lipinski definition) is 2. The molecule has 0 heterocycles. The number of allylic oxidation sites excluding steroid dienone is 2.